The number of aromatic nitrogens is 1. The van der Waals surface area contributed by atoms with Crippen LogP contribution < -0.4 is 5.32 Å². The fraction of sp³-hybridized carbons (Fsp3) is 0.250. The lowest BCUT2D eigenvalue weighted by Crippen LogP contribution is -2.27. The predicted molar refractivity (Wildman–Crippen MR) is 76.3 cm³/mol. The first-order valence-electron chi connectivity index (χ1n) is 6.56. The minimum absolute atomic E-state index is 0.0111. The van der Waals surface area contributed by atoms with Gasteiger partial charge in [0.25, 0.3) is 0 Å². The van der Waals surface area contributed by atoms with Crippen LogP contribution in [0.3, 0.4) is 0 Å². The highest BCUT2D eigenvalue weighted by Gasteiger charge is 2.07. The van der Waals surface area contributed by atoms with E-state index in [1.807, 2.05) is 38.1 Å². The monoisotopic (exact) mass is 272 g/mol. The van der Waals surface area contributed by atoms with Gasteiger partial charge in [0.2, 0.25) is 5.91 Å². The van der Waals surface area contributed by atoms with Gasteiger partial charge in [-0.1, -0.05) is 32.0 Å². The molecule has 1 amide bonds. The summed E-state index contributed by atoms with van der Waals surface area (Å²) in [7, 11) is 0. The van der Waals surface area contributed by atoms with Crippen LogP contribution in [0.1, 0.15) is 19.5 Å². The van der Waals surface area contributed by atoms with Gasteiger partial charge in [-0.3, -0.25) is 9.78 Å². The predicted octanol–water partition coefficient (Wildman–Crippen LogP) is 3.16. The average Bonchev–Trinajstić information content (AvgIpc) is 2.45. The molecule has 1 heterocycles. The maximum absolute atomic E-state index is 13.2. The first-order valence-corrected chi connectivity index (χ1v) is 6.56. The van der Waals surface area contributed by atoms with Crippen LogP contribution in [0.2, 0.25) is 0 Å². The van der Waals surface area contributed by atoms with E-state index in [1.165, 1.54) is 12.1 Å². The highest BCUT2D eigenvalue weighted by atomic mass is 19.1. The van der Waals surface area contributed by atoms with E-state index in [-0.39, 0.29) is 17.6 Å². The molecule has 20 heavy (non-hydrogen) atoms. The minimum Gasteiger partial charge on any atom is -0.350 e. The molecule has 0 radical (unpaired) electrons. The Bertz CT molecular complexity index is 611. The summed E-state index contributed by atoms with van der Waals surface area (Å²) < 4.78 is 13.2. The van der Waals surface area contributed by atoms with Crippen molar-refractivity contribution in [3.63, 3.8) is 0 Å². The van der Waals surface area contributed by atoms with Crippen molar-refractivity contribution in [1.82, 2.24) is 10.3 Å². The van der Waals surface area contributed by atoms with Crippen LogP contribution in [-0.2, 0) is 11.3 Å². The van der Waals surface area contributed by atoms with Crippen molar-refractivity contribution in [2.24, 2.45) is 5.92 Å². The van der Waals surface area contributed by atoms with Crippen molar-refractivity contribution in [2.75, 3.05) is 0 Å². The SMILES string of the molecule is CC(C)C(=O)NCc1cccc(-c2cccc(F)c2)n1. The van der Waals surface area contributed by atoms with Gasteiger partial charge >= 0.3 is 0 Å². The molecule has 0 aliphatic rings. The quantitative estimate of drug-likeness (QED) is 0.929. The molecule has 0 aliphatic carbocycles. The molecule has 2 aromatic rings. The fourth-order valence-electron chi connectivity index (χ4n) is 1.77. The summed E-state index contributed by atoms with van der Waals surface area (Å²) in [6.07, 6.45) is 0. The van der Waals surface area contributed by atoms with E-state index in [0.717, 1.165) is 11.3 Å². The number of carbonyl (C=O) groups is 1. The summed E-state index contributed by atoms with van der Waals surface area (Å²) in [4.78, 5) is 16.0. The molecule has 0 unspecified atom stereocenters. The Morgan fingerprint density at radius 1 is 1.25 bits per heavy atom. The Balaban J connectivity index is 2.14. The van der Waals surface area contributed by atoms with E-state index >= 15 is 0 Å². The molecule has 1 N–H and O–H groups in total. The van der Waals surface area contributed by atoms with E-state index in [2.05, 4.69) is 10.3 Å². The Morgan fingerprint density at radius 3 is 2.70 bits per heavy atom. The molecule has 0 saturated heterocycles. The lowest BCUT2D eigenvalue weighted by Gasteiger charge is -2.08. The molecular weight excluding hydrogens is 255 g/mol. The fourth-order valence-corrected chi connectivity index (χ4v) is 1.77. The van der Waals surface area contributed by atoms with E-state index in [1.54, 1.807) is 6.07 Å². The van der Waals surface area contributed by atoms with Gasteiger partial charge in [-0.2, -0.15) is 0 Å². The summed E-state index contributed by atoms with van der Waals surface area (Å²) in [5, 5.41) is 2.81. The van der Waals surface area contributed by atoms with Gasteiger partial charge in [0.15, 0.2) is 0 Å². The van der Waals surface area contributed by atoms with Crippen LogP contribution >= 0.6 is 0 Å². The Kier molecular flexibility index (Phi) is 4.45. The summed E-state index contributed by atoms with van der Waals surface area (Å²) in [5.74, 6) is -0.354. The Labute approximate surface area is 117 Å². The van der Waals surface area contributed by atoms with Gasteiger partial charge in [-0.05, 0) is 24.3 Å². The second-order valence-corrected chi connectivity index (χ2v) is 4.90. The van der Waals surface area contributed by atoms with Crippen molar-refractivity contribution in [1.29, 1.82) is 0 Å². The van der Waals surface area contributed by atoms with Crippen LogP contribution in [0, 0.1) is 11.7 Å². The third kappa shape index (κ3) is 3.63. The van der Waals surface area contributed by atoms with E-state index < -0.39 is 0 Å². The molecule has 3 nitrogen and oxygen atoms in total. The first kappa shape index (κ1) is 14.2. The summed E-state index contributed by atoms with van der Waals surface area (Å²) >= 11 is 0. The number of halogens is 1. The Hall–Kier alpha value is -2.23. The normalized spacial score (nSPS) is 10.6. The second-order valence-electron chi connectivity index (χ2n) is 4.90. The zero-order valence-electron chi connectivity index (χ0n) is 11.6. The summed E-state index contributed by atoms with van der Waals surface area (Å²) in [6, 6.07) is 11.8. The minimum atomic E-state index is -0.289. The molecule has 104 valence electrons. The van der Waals surface area contributed by atoms with Crippen molar-refractivity contribution >= 4 is 5.91 Å². The number of benzene rings is 1. The van der Waals surface area contributed by atoms with Gasteiger partial charge in [0, 0.05) is 11.5 Å². The van der Waals surface area contributed by atoms with Gasteiger partial charge in [0.05, 0.1) is 17.9 Å². The van der Waals surface area contributed by atoms with Crippen molar-refractivity contribution < 1.29 is 9.18 Å². The van der Waals surface area contributed by atoms with Crippen molar-refractivity contribution in [3.05, 3.63) is 54.0 Å². The molecule has 2 rings (SSSR count). The number of hydrogen-bond acceptors (Lipinski definition) is 2. The number of nitrogens with one attached hydrogen (secondary N) is 1. The lowest BCUT2D eigenvalue weighted by atomic mass is 10.1. The zero-order chi connectivity index (χ0) is 14.5. The van der Waals surface area contributed by atoms with Gasteiger partial charge < -0.3 is 5.32 Å². The number of rotatable bonds is 4. The molecular formula is C16H17FN2O. The molecule has 0 atom stereocenters. The Morgan fingerprint density at radius 2 is 2.00 bits per heavy atom. The van der Waals surface area contributed by atoms with Crippen molar-refractivity contribution in [2.45, 2.75) is 20.4 Å². The molecule has 0 spiro atoms. The van der Waals surface area contributed by atoms with Crippen molar-refractivity contribution in [3.8, 4) is 11.3 Å². The standard InChI is InChI=1S/C16H17FN2O/c1-11(2)16(20)18-10-14-7-4-8-15(19-14)12-5-3-6-13(17)9-12/h3-9,11H,10H2,1-2H3,(H,18,20). The van der Waals surface area contributed by atoms with Gasteiger partial charge in [0.1, 0.15) is 5.82 Å². The third-order valence-electron chi connectivity index (χ3n) is 2.90. The van der Waals surface area contributed by atoms with Crippen LogP contribution in [0.25, 0.3) is 11.3 Å². The van der Waals surface area contributed by atoms with Gasteiger partial charge in [-0.15, -0.1) is 0 Å². The molecule has 0 fully saturated rings. The topological polar surface area (TPSA) is 42.0 Å². The lowest BCUT2D eigenvalue weighted by molar-refractivity contribution is -0.124. The first-order chi connectivity index (χ1) is 9.56. The molecule has 1 aromatic heterocycles. The maximum atomic E-state index is 13.2. The molecule has 4 heteroatoms. The van der Waals surface area contributed by atoms with E-state index in [9.17, 15) is 9.18 Å². The molecule has 0 bridgehead atoms. The largest absolute Gasteiger partial charge is 0.350 e. The maximum Gasteiger partial charge on any atom is 0.222 e. The smallest absolute Gasteiger partial charge is 0.222 e. The number of amides is 1. The van der Waals surface area contributed by atoms with Crippen LogP contribution in [0.15, 0.2) is 42.5 Å². The number of hydrogen-bond donors (Lipinski definition) is 1. The summed E-state index contributed by atoms with van der Waals surface area (Å²) in [5.41, 5.74) is 2.17. The van der Waals surface area contributed by atoms with Crippen LogP contribution in [-0.4, -0.2) is 10.9 Å². The zero-order valence-corrected chi connectivity index (χ0v) is 11.6. The number of nitrogens with zero attached hydrogens (tertiary/aromatic N) is 1. The average molecular weight is 272 g/mol. The molecule has 1 aromatic carbocycles. The highest BCUT2D eigenvalue weighted by Crippen LogP contribution is 2.18. The number of carbonyl (C=O) groups excluding carboxylic acids is 1. The van der Waals surface area contributed by atoms with E-state index in [0.29, 0.717) is 12.2 Å². The summed E-state index contributed by atoms with van der Waals surface area (Å²) in [6.45, 7) is 4.05. The van der Waals surface area contributed by atoms with Gasteiger partial charge in [-0.25, -0.2) is 4.39 Å². The van der Waals surface area contributed by atoms with Crippen LogP contribution in [0.4, 0.5) is 4.39 Å². The van der Waals surface area contributed by atoms with Crippen LogP contribution in [0.5, 0.6) is 0 Å². The highest BCUT2D eigenvalue weighted by molar-refractivity contribution is 5.77. The molecule has 0 saturated carbocycles. The molecule has 0 aliphatic heterocycles. The second kappa shape index (κ2) is 6.28. The number of pyridine rings is 1. The van der Waals surface area contributed by atoms with E-state index in [4.69, 9.17) is 0 Å². The third-order valence-corrected chi connectivity index (χ3v) is 2.90.